The topological polar surface area (TPSA) is 55.8 Å². The van der Waals surface area contributed by atoms with E-state index in [1.165, 1.54) is 12.7 Å². The number of benzene rings is 1. The summed E-state index contributed by atoms with van der Waals surface area (Å²) >= 11 is 0. The minimum atomic E-state index is -0.307. The fourth-order valence-electron chi connectivity index (χ4n) is 1.53. The van der Waals surface area contributed by atoms with E-state index >= 15 is 0 Å². The lowest BCUT2D eigenvalue weighted by Crippen LogP contribution is -2.00. The molecule has 0 aliphatic heterocycles. The van der Waals surface area contributed by atoms with Crippen LogP contribution < -0.4 is 4.65 Å². The number of methoxy groups -OCH3 is 1. The van der Waals surface area contributed by atoms with Gasteiger partial charge in [0.25, 0.3) is 0 Å². The van der Waals surface area contributed by atoms with Crippen molar-refractivity contribution in [2.24, 2.45) is 0 Å². The summed E-state index contributed by atoms with van der Waals surface area (Å²) in [5.74, 6) is 0.502. The molecule has 0 aliphatic carbocycles. The predicted molar refractivity (Wildman–Crippen MR) is 66.0 cm³/mol. The van der Waals surface area contributed by atoms with Crippen LogP contribution in [0.3, 0.4) is 0 Å². The zero-order valence-electron chi connectivity index (χ0n) is 10.0. The first-order chi connectivity index (χ1) is 8.26. The maximum Gasteiger partial charge on any atom is 0.504 e. The Labute approximate surface area is 102 Å². The molecule has 4 nitrogen and oxygen atoms in total. The third kappa shape index (κ3) is 5.40. The van der Waals surface area contributed by atoms with E-state index in [1.54, 1.807) is 0 Å². The van der Waals surface area contributed by atoms with Gasteiger partial charge >= 0.3 is 13.7 Å². The van der Waals surface area contributed by atoms with Crippen LogP contribution in [0.25, 0.3) is 0 Å². The van der Waals surface area contributed by atoms with Crippen LogP contribution in [0.1, 0.15) is 24.8 Å². The Hall–Kier alpha value is -1.49. The molecule has 1 rings (SSSR count). The van der Waals surface area contributed by atoms with Crippen LogP contribution in [0.2, 0.25) is 0 Å². The van der Waals surface area contributed by atoms with E-state index in [0.29, 0.717) is 12.2 Å². The molecule has 0 aromatic heterocycles. The van der Waals surface area contributed by atoms with Gasteiger partial charge in [-0.1, -0.05) is 12.1 Å². The molecule has 0 unspecified atom stereocenters. The number of esters is 1. The maximum absolute atomic E-state index is 10.9. The van der Waals surface area contributed by atoms with Gasteiger partial charge in [0, 0.05) is 6.42 Å². The minimum Gasteiger partial charge on any atom is -0.539 e. The standard InChI is InChI=1S/C12H17BO4/c1-16-12(14)5-3-2-4-10-6-8-11(9-7-10)17-13-15/h6-9,13,15H,2-5H2,1H3. The fourth-order valence-corrected chi connectivity index (χ4v) is 1.53. The van der Waals surface area contributed by atoms with Crippen LogP contribution >= 0.6 is 0 Å². The summed E-state index contributed by atoms with van der Waals surface area (Å²) in [6.45, 7) is 0. The van der Waals surface area contributed by atoms with Crippen molar-refractivity contribution in [1.82, 2.24) is 0 Å². The Balaban J connectivity index is 2.25. The molecule has 1 aromatic rings. The molecule has 0 saturated heterocycles. The van der Waals surface area contributed by atoms with Crippen LogP contribution in [0.5, 0.6) is 5.75 Å². The van der Waals surface area contributed by atoms with Crippen LogP contribution in [0.4, 0.5) is 0 Å². The molecule has 92 valence electrons. The van der Waals surface area contributed by atoms with Gasteiger partial charge in [-0.25, -0.2) is 0 Å². The van der Waals surface area contributed by atoms with Gasteiger partial charge in [0.1, 0.15) is 5.75 Å². The SMILES string of the molecule is COC(=O)CCCCc1ccc(OBO)cc1. The number of carbonyl (C=O) groups is 1. The first-order valence-electron chi connectivity index (χ1n) is 5.65. The molecule has 1 aromatic carbocycles. The lowest BCUT2D eigenvalue weighted by Gasteiger charge is -2.04. The highest BCUT2D eigenvalue weighted by Gasteiger charge is 2.00. The van der Waals surface area contributed by atoms with Crippen LogP contribution in [0.15, 0.2) is 24.3 Å². The molecule has 0 bridgehead atoms. The monoisotopic (exact) mass is 236 g/mol. The molecule has 0 saturated carbocycles. The van der Waals surface area contributed by atoms with E-state index in [2.05, 4.69) is 4.74 Å². The summed E-state index contributed by atoms with van der Waals surface area (Å²) in [6.07, 6.45) is 3.19. The van der Waals surface area contributed by atoms with E-state index in [0.717, 1.165) is 19.3 Å². The molecule has 0 spiro atoms. The van der Waals surface area contributed by atoms with Crippen molar-refractivity contribution in [3.63, 3.8) is 0 Å². The molecule has 0 radical (unpaired) electrons. The number of carbonyl (C=O) groups excluding carboxylic acids is 1. The minimum absolute atomic E-state index is 0.156. The number of rotatable bonds is 7. The molecule has 0 amide bonds. The Bertz CT molecular complexity index is 337. The van der Waals surface area contributed by atoms with Gasteiger partial charge in [-0.15, -0.1) is 0 Å². The van der Waals surface area contributed by atoms with Crippen molar-refractivity contribution < 1.29 is 19.2 Å². The van der Waals surface area contributed by atoms with Gasteiger partial charge in [0.15, 0.2) is 0 Å². The highest BCUT2D eigenvalue weighted by molar-refractivity contribution is 6.17. The smallest absolute Gasteiger partial charge is 0.504 e. The van der Waals surface area contributed by atoms with Crippen molar-refractivity contribution >= 4 is 13.7 Å². The fraction of sp³-hybridized carbons (Fsp3) is 0.417. The summed E-state index contributed by atoms with van der Waals surface area (Å²) in [6, 6.07) is 7.57. The van der Waals surface area contributed by atoms with E-state index in [1.807, 2.05) is 24.3 Å². The lowest BCUT2D eigenvalue weighted by molar-refractivity contribution is -0.140. The predicted octanol–water partition coefficient (Wildman–Crippen LogP) is 1.21. The Morgan fingerprint density at radius 1 is 1.29 bits per heavy atom. The normalized spacial score (nSPS) is 9.76. The largest absolute Gasteiger partial charge is 0.539 e. The van der Waals surface area contributed by atoms with Crippen LogP contribution in [0, 0.1) is 0 Å². The maximum atomic E-state index is 10.9. The van der Waals surface area contributed by atoms with Crippen molar-refractivity contribution in [3.8, 4) is 5.75 Å². The first-order valence-corrected chi connectivity index (χ1v) is 5.65. The van der Waals surface area contributed by atoms with Gasteiger partial charge in [-0.05, 0) is 37.0 Å². The average molecular weight is 236 g/mol. The quantitative estimate of drug-likeness (QED) is 0.439. The number of aryl methyl sites for hydroxylation is 1. The van der Waals surface area contributed by atoms with Crippen LogP contribution in [-0.4, -0.2) is 25.8 Å². The van der Waals surface area contributed by atoms with Crippen molar-refractivity contribution in [1.29, 1.82) is 0 Å². The van der Waals surface area contributed by atoms with E-state index in [-0.39, 0.29) is 13.7 Å². The summed E-state index contributed by atoms with van der Waals surface area (Å²) in [5, 5.41) is 8.57. The van der Waals surface area contributed by atoms with E-state index in [9.17, 15) is 4.79 Å². The van der Waals surface area contributed by atoms with Crippen molar-refractivity contribution in [2.75, 3.05) is 7.11 Å². The van der Waals surface area contributed by atoms with Crippen LogP contribution in [-0.2, 0) is 16.0 Å². The van der Waals surface area contributed by atoms with Crippen molar-refractivity contribution in [2.45, 2.75) is 25.7 Å². The zero-order valence-corrected chi connectivity index (χ0v) is 10.0. The average Bonchev–Trinajstić information content (AvgIpc) is 2.36. The van der Waals surface area contributed by atoms with Crippen molar-refractivity contribution in [3.05, 3.63) is 29.8 Å². The van der Waals surface area contributed by atoms with Gasteiger partial charge in [-0.3, -0.25) is 4.79 Å². The Morgan fingerprint density at radius 3 is 2.59 bits per heavy atom. The summed E-state index contributed by atoms with van der Waals surface area (Å²) in [5.41, 5.74) is 1.19. The molecule has 5 heteroatoms. The number of ether oxygens (including phenoxy) is 1. The second-order valence-electron chi connectivity index (χ2n) is 3.70. The second-order valence-corrected chi connectivity index (χ2v) is 3.70. The number of hydrogen-bond donors (Lipinski definition) is 1. The van der Waals surface area contributed by atoms with Gasteiger partial charge in [0.05, 0.1) is 7.11 Å². The summed E-state index contributed by atoms with van der Waals surface area (Å²) in [4.78, 5) is 10.9. The first kappa shape index (κ1) is 13.6. The zero-order chi connectivity index (χ0) is 12.5. The van der Waals surface area contributed by atoms with E-state index in [4.69, 9.17) is 9.68 Å². The third-order valence-electron chi connectivity index (χ3n) is 2.48. The Morgan fingerprint density at radius 2 is 2.00 bits per heavy atom. The van der Waals surface area contributed by atoms with Gasteiger partial charge in [-0.2, -0.15) is 0 Å². The molecular formula is C12H17BO4. The molecular weight excluding hydrogens is 219 g/mol. The molecule has 0 atom stereocenters. The highest BCUT2D eigenvalue weighted by Crippen LogP contribution is 2.13. The number of hydrogen-bond acceptors (Lipinski definition) is 4. The molecule has 0 fully saturated rings. The second kappa shape index (κ2) is 7.73. The lowest BCUT2D eigenvalue weighted by atomic mass is 10.1. The molecule has 17 heavy (non-hydrogen) atoms. The summed E-state index contributed by atoms with van der Waals surface area (Å²) in [7, 11) is 1.10. The molecule has 0 aliphatic rings. The summed E-state index contributed by atoms with van der Waals surface area (Å²) < 4.78 is 9.49. The van der Waals surface area contributed by atoms with Gasteiger partial charge in [0.2, 0.25) is 0 Å². The Kier molecular flexibility index (Phi) is 6.18. The third-order valence-corrected chi connectivity index (χ3v) is 2.48. The van der Waals surface area contributed by atoms with E-state index < -0.39 is 0 Å². The molecule has 0 heterocycles. The van der Waals surface area contributed by atoms with Gasteiger partial charge < -0.3 is 14.4 Å². The highest BCUT2D eigenvalue weighted by atomic mass is 16.5. The molecule has 1 N–H and O–H groups in total. The number of unbranched alkanes of at least 4 members (excludes halogenated alkanes) is 1.